The van der Waals surface area contributed by atoms with Crippen molar-refractivity contribution < 1.29 is 4.92 Å². The van der Waals surface area contributed by atoms with Crippen molar-refractivity contribution in [2.45, 2.75) is 20.4 Å². The minimum Gasteiger partial charge on any atom is -0.363 e. The Morgan fingerprint density at radius 2 is 2.15 bits per heavy atom. The molecule has 0 saturated carbocycles. The molecule has 20 heavy (non-hydrogen) atoms. The fraction of sp³-hybridized carbons (Fsp3) is 0.231. The molecule has 0 radical (unpaired) electrons. The topological polar surface area (TPSA) is 81.0 Å². The molecule has 2 rings (SSSR count). The fourth-order valence-electron chi connectivity index (χ4n) is 1.75. The van der Waals surface area contributed by atoms with Crippen LogP contribution in [0.4, 0.5) is 11.5 Å². The van der Waals surface area contributed by atoms with Gasteiger partial charge in [-0.25, -0.2) is 4.98 Å². The average Bonchev–Trinajstić information content (AvgIpc) is 2.40. The number of aryl methyl sites for hydroxylation is 1. The van der Waals surface area contributed by atoms with Crippen LogP contribution in [0, 0.1) is 24.0 Å². The molecule has 2 aromatic heterocycles. The van der Waals surface area contributed by atoms with Crippen molar-refractivity contribution in [1.82, 2.24) is 9.97 Å². The molecule has 0 amide bonds. The highest BCUT2D eigenvalue weighted by Crippen LogP contribution is 2.30. The maximum absolute atomic E-state index is 10.8. The van der Waals surface area contributed by atoms with Gasteiger partial charge < -0.3 is 5.32 Å². The van der Waals surface area contributed by atoms with Crippen LogP contribution in [-0.2, 0) is 6.54 Å². The van der Waals surface area contributed by atoms with Crippen molar-refractivity contribution in [3.63, 3.8) is 0 Å². The van der Waals surface area contributed by atoms with E-state index in [9.17, 15) is 10.1 Å². The van der Waals surface area contributed by atoms with Crippen LogP contribution in [0.3, 0.4) is 0 Å². The summed E-state index contributed by atoms with van der Waals surface area (Å²) in [4.78, 5) is 18.8. The summed E-state index contributed by atoms with van der Waals surface area (Å²) in [6.07, 6.45) is 1.26. The number of nitrogens with zero attached hydrogens (tertiary/aromatic N) is 3. The molecule has 6 nitrogen and oxygen atoms in total. The average molecular weight is 337 g/mol. The highest BCUT2D eigenvalue weighted by Gasteiger charge is 2.16. The van der Waals surface area contributed by atoms with Crippen LogP contribution in [0.15, 0.2) is 28.9 Å². The molecule has 0 atom stereocenters. The Labute approximate surface area is 124 Å². The van der Waals surface area contributed by atoms with E-state index in [1.54, 1.807) is 6.92 Å². The molecule has 104 valence electrons. The Bertz CT molecular complexity index is 661. The monoisotopic (exact) mass is 336 g/mol. The van der Waals surface area contributed by atoms with Gasteiger partial charge in [0.1, 0.15) is 12.0 Å². The second-order valence-corrected chi connectivity index (χ2v) is 5.10. The molecule has 2 aromatic rings. The van der Waals surface area contributed by atoms with Crippen molar-refractivity contribution in [3.8, 4) is 0 Å². The Balaban J connectivity index is 2.18. The standard InChI is InChI=1S/C13H13BrN4O2/c1-8-4-3-5-10(17-8)6-15-13-12(14)9(2)11(7-16-13)18(19)20/h3-5,7H,6H2,1-2H3,(H,15,16). The van der Waals surface area contributed by atoms with Crippen molar-refractivity contribution >= 4 is 27.4 Å². The van der Waals surface area contributed by atoms with E-state index in [1.165, 1.54) is 6.20 Å². The number of nitro groups is 1. The van der Waals surface area contributed by atoms with Gasteiger partial charge in [-0.15, -0.1) is 0 Å². The molecule has 0 aromatic carbocycles. The molecule has 7 heteroatoms. The van der Waals surface area contributed by atoms with Gasteiger partial charge in [0.05, 0.1) is 21.6 Å². The zero-order valence-corrected chi connectivity index (χ0v) is 12.6. The highest BCUT2D eigenvalue weighted by molar-refractivity contribution is 9.10. The Kier molecular flexibility index (Phi) is 4.29. The summed E-state index contributed by atoms with van der Waals surface area (Å²) < 4.78 is 0.597. The van der Waals surface area contributed by atoms with Crippen molar-refractivity contribution in [1.29, 1.82) is 0 Å². The number of aromatic nitrogens is 2. The molecule has 0 spiro atoms. The molecule has 0 aliphatic heterocycles. The maximum Gasteiger partial charge on any atom is 0.291 e. The van der Waals surface area contributed by atoms with Crippen LogP contribution in [0.2, 0.25) is 0 Å². The van der Waals surface area contributed by atoms with Crippen molar-refractivity contribution in [2.24, 2.45) is 0 Å². The molecule has 2 heterocycles. The van der Waals surface area contributed by atoms with Gasteiger partial charge in [0.15, 0.2) is 0 Å². The van der Waals surface area contributed by atoms with Crippen LogP contribution in [0.5, 0.6) is 0 Å². The fourth-order valence-corrected chi connectivity index (χ4v) is 2.19. The summed E-state index contributed by atoms with van der Waals surface area (Å²) in [6, 6.07) is 5.77. The summed E-state index contributed by atoms with van der Waals surface area (Å²) in [5.74, 6) is 0.566. The minimum atomic E-state index is -0.445. The Morgan fingerprint density at radius 1 is 1.40 bits per heavy atom. The van der Waals surface area contributed by atoms with Crippen molar-refractivity contribution in [2.75, 3.05) is 5.32 Å². The Hall–Kier alpha value is -2.02. The van der Waals surface area contributed by atoms with Gasteiger partial charge in [-0.05, 0) is 41.9 Å². The minimum absolute atomic E-state index is 0.00361. The van der Waals surface area contributed by atoms with E-state index in [1.807, 2.05) is 25.1 Å². The van der Waals surface area contributed by atoms with Crippen LogP contribution < -0.4 is 5.32 Å². The molecule has 0 bridgehead atoms. The summed E-state index contributed by atoms with van der Waals surface area (Å²) in [5, 5.41) is 13.9. The number of halogens is 1. The van der Waals surface area contributed by atoms with Gasteiger partial charge in [0.25, 0.3) is 5.69 Å². The van der Waals surface area contributed by atoms with Crippen LogP contribution >= 0.6 is 15.9 Å². The van der Waals surface area contributed by atoms with Gasteiger partial charge in [0, 0.05) is 11.3 Å². The predicted octanol–water partition coefficient (Wildman–Crippen LogP) is 3.38. The smallest absolute Gasteiger partial charge is 0.291 e. The molecule has 0 saturated heterocycles. The first-order valence-electron chi connectivity index (χ1n) is 5.95. The van der Waals surface area contributed by atoms with E-state index in [0.717, 1.165) is 11.4 Å². The van der Waals surface area contributed by atoms with Crippen LogP contribution in [0.25, 0.3) is 0 Å². The van der Waals surface area contributed by atoms with Crippen molar-refractivity contribution in [3.05, 3.63) is 55.9 Å². The third-order valence-electron chi connectivity index (χ3n) is 2.82. The molecule has 0 fully saturated rings. The van der Waals surface area contributed by atoms with E-state index in [2.05, 4.69) is 31.2 Å². The summed E-state index contributed by atoms with van der Waals surface area (Å²) >= 11 is 3.34. The number of rotatable bonds is 4. The molecule has 0 aliphatic carbocycles. The van der Waals surface area contributed by atoms with Crippen LogP contribution in [0.1, 0.15) is 17.0 Å². The quantitative estimate of drug-likeness (QED) is 0.683. The van der Waals surface area contributed by atoms with E-state index in [0.29, 0.717) is 22.4 Å². The molecule has 1 N–H and O–H groups in total. The Morgan fingerprint density at radius 3 is 2.80 bits per heavy atom. The maximum atomic E-state index is 10.8. The number of hydrogen-bond donors (Lipinski definition) is 1. The van der Waals surface area contributed by atoms with E-state index in [4.69, 9.17) is 0 Å². The third-order valence-corrected chi connectivity index (χ3v) is 3.79. The predicted molar refractivity (Wildman–Crippen MR) is 79.6 cm³/mol. The molecular weight excluding hydrogens is 324 g/mol. The summed E-state index contributed by atoms with van der Waals surface area (Å²) in [5.41, 5.74) is 2.37. The molecule has 0 aliphatic rings. The SMILES string of the molecule is Cc1cccc(CNc2ncc([N+](=O)[O-])c(C)c2Br)n1. The summed E-state index contributed by atoms with van der Waals surface area (Å²) in [6.45, 7) is 4.11. The number of nitrogens with one attached hydrogen (secondary N) is 1. The largest absolute Gasteiger partial charge is 0.363 e. The van der Waals surface area contributed by atoms with Gasteiger partial charge in [-0.3, -0.25) is 15.1 Å². The van der Waals surface area contributed by atoms with Gasteiger partial charge in [-0.1, -0.05) is 6.07 Å². The number of hydrogen-bond acceptors (Lipinski definition) is 5. The first kappa shape index (κ1) is 14.4. The van der Waals surface area contributed by atoms with Gasteiger partial charge in [-0.2, -0.15) is 0 Å². The second kappa shape index (κ2) is 5.96. The lowest BCUT2D eigenvalue weighted by atomic mass is 10.2. The van der Waals surface area contributed by atoms with E-state index in [-0.39, 0.29) is 5.69 Å². The lowest BCUT2D eigenvalue weighted by Gasteiger charge is -2.09. The second-order valence-electron chi connectivity index (χ2n) is 4.31. The summed E-state index contributed by atoms with van der Waals surface area (Å²) in [7, 11) is 0. The van der Waals surface area contributed by atoms with Gasteiger partial charge >= 0.3 is 0 Å². The first-order chi connectivity index (χ1) is 9.49. The van der Waals surface area contributed by atoms with E-state index >= 15 is 0 Å². The molecule has 0 unspecified atom stereocenters. The van der Waals surface area contributed by atoms with Gasteiger partial charge in [0.2, 0.25) is 0 Å². The highest BCUT2D eigenvalue weighted by atomic mass is 79.9. The first-order valence-corrected chi connectivity index (χ1v) is 6.74. The lowest BCUT2D eigenvalue weighted by Crippen LogP contribution is -2.06. The number of anilines is 1. The van der Waals surface area contributed by atoms with E-state index < -0.39 is 4.92 Å². The lowest BCUT2D eigenvalue weighted by molar-refractivity contribution is -0.385. The molecular formula is C13H13BrN4O2. The number of pyridine rings is 2. The normalized spacial score (nSPS) is 10.3. The van der Waals surface area contributed by atoms with Crippen LogP contribution in [-0.4, -0.2) is 14.9 Å². The third kappa shape index (κ3) is 3.11. The zero-order valence-electron chi connectivity index (χ0n) is 11.1. The zero-order chi connectivity index (χ0) is 14.7.